The number of methoxy groups -OCH3 is 1. The average Bonchev–Trinajstić information content (AvgIpc) is 2.66. The van der Waals surface area contributed by atoms with Gasteiger partial charge in [0.25, 0.3) is 0 Å². The zero-order valence-corrected chi connectivity index (χ0v) is 9.39. The molecule has 1 unspecified atom stereocenters. The van der Waals surface area contributed by atoms with Crippen LogP contribution < -0.4 is 0 Å². The summed E-state index contributed by atoms with van der Waals surface area (Å²) in [5.41, 5.74) is 0.111. The van der Waals surface area contributed by atoms with E-state index in [2.05, 4.69) is 14.9 Å². The van der Waals surface area contributed by atoms with Crippen molar-refractivity contribution < 1.29 is 14.6 Å². The Bertz CT molecular complexity index is 300. The number of aliphatic hydroxyl groups is 1. The van der Waals surface area contributed by atoms with Gasteiger partial charge in [0, 0.05) is 5.75 Å². The number of carbonyl (C=O) groups is 1. The van der Waals surface area contributed by atoms with Crippen molar-refractivity contribution in [3.8, 4) is 0 Å². The molecule has 0 aliphatic heterocycles. The highest BCUT2D eigenvalue weighted by atomic mass is 32.2. The van der Waals surface area contributed by atoms with Gasteiger partial charge in [-0.2, -0.15) is 0 Å². The average molecular weight is 234 g/mol. The molecule has 5 nitrogen and oxygen atoms in total. The molecule has 0 amide bonds. The Kier molecular flexibility index (Phi) is 3.85. The predicted octanol–water partition coefficient (Wildman–Crippen LogP) is 0.554. The number of nitrogens with zero attached hydrogens (tertiary/aromatic N) is 2. The van der Waals surface area contributed by atoms with Crippen LogP contribution in [0.2, 0.25) is 0 Å². The minimum Gasteiger partial charge on any atom is -0.467 e. The lowest BCUT2D eigenvalue weighted by atomic mass is 10.1. The highest BCUT2D eigenvalue weighted by Crippen LogP contribution is 2.23. The summed E-state index contributed by atoms with van der Waals surface area (Å²) in [6, 6.07) is 0. The van der Waals surface area contributed by atoms with Gasteiger partial charge in [0.2, 0.25) is 0 Å². The topological polar surface area (TPSA) is 72.3 Å². The van der Waals surface area contributed by atoms with Crippen molar-refractivity contribution in [2.24, 2.45) is 0 Å². The Balaban J connectivity index is 2.48. The zero-order valence-electron chi connectivity index (χ0n) is 7.76. The summed E-state index contributed by atoms with van der Waals surface area (Å²) in [6.45, 7) is 1.41. The summed E-state index contributed by atoms with van der Waals surface area (Å²) in [5, 5.41) is 17.1. The quantitative estimate of drug-likeness (QED) is 0.606. The maximum absolute atomic E-state index is 11.1. The Morgan fingerprint density at radius 3 is 3.07 bits per heavy atom. The number of hydrogen-bond donors (Lipinski definition) is 1. The number of carbonyl (C=O) groups excluding carboxylic acids is 1. The van der Waals surface area contributed by atoms with Gasteiger partial charge in [0.1, 0.15) is 5.51 Å². The second-order valence-corrected chi connectivity index (χ2v) is 4.81. The first kappa shape index (κ1) is 11.4. The molecule has 1 aromatic rings. The fraction of sp³-hybridized carbons (Fsp3) is 0.571. The van der Waals surface area contributed by atoms with Gasteiger partial charge in [-0.3, -0.25) is 0 Å². The van der Waals surface area contributed by atoms with E-state index in [1.807, 2.05) is 0 Å². The largest absolute Gasteiger partial charge is 0.467 e. The third-order valence-corrected chi connectivity index (χ3v) is 3.60. The van der Waals surface area contributed by atoms with Gasteiger partial charge < -0.3 is 9.84 Å². The van der Waals surface area contributed by atoms with Gasteiger partial charge in [0.15, 0.2) is 9.94 Å². The van der Waals surface area contributed by atoms with Gasteiger partial charge in [-0.15, -0.1) is 10.2 Å². The Hall–Kier alpha value is -0.660. The van der Waals surface area contributed by atoms with Crippen LogP contribution in [0, 0.1) is 0 Å². The minimum atomic E-state index is -1.48. The molecule has 1 N–H and O–H groups in total. The van der Waals surface area contributed by atoms with Crippen LogP contribution in [0.3, 0.4) is 0 Å². The molecule has 1 atom stereocenters. The second-order valence-electron chi connectivity index (χ2n) is 2.76. The van der Waals surface area contributed by atoms with Crippen LogP contribution in [-0.4, -0.2) is 39.7 Å². The summed E-state index contributed by atoms with van der Waals surface area (Å²) >= 11 is 2.63. The molecular formula is C7H10N2O3S2. The van der Waals surface area contributed by atoms with E-state index in [1.165, 1.54) is 37.1 Å². The highest BCUT2D eigenvalue weighted by Gasteiger charge is 2.31. The summed E-state index contributed by atoms with van der Waals surface area (Å²) < 4.78 is 5.17. The molecule has 0 bridgehead atoms. The Morgan fingerprint density at radius 1 is 1.86 bits per heavy atom. The van der Waals surface area contributed by atoms with E-state index >= 15 is 0 Å². The van der Waals surface area contributed by atoms with Crippen LogP contribution in [0.4, 0.5) is 0 Å². The van der Waals surface area contributed by atoms with Gasteiger partial charge in [0.05, 0.1) is 7.11 Å². The fourth-order valence-electron chi connectivity index (χ4n) is 0.707. The van der Waals surface area contributed by atoms with Crippen molar-refractivity contribution in [3.05, 3.63) is 5.51 Å². The molecule has 0 aliphatic rings. The molecule has 1 rings (SSSR count). The monoisotopic (exact) mass is 234 g/mol. The van der Waals surface area contributed by atoms with E-state index in [0.29, 0.717) is 4.34 Å². The molecule has 0 radical (unpaired) electrons. The molecule has 0 aromatic carbocycles. The molecule has 78 valence electrons. The normalized spacial score (nSPS) is 14.8. The van der Waals surface area contributed by atoms with Gasteiger partial charge in [-0.1, -0.05) is 23.1 Å². The summed E-state index contributed by atoms with van der Waals surface area (Å²) in [5.74, 6) is -0.441. The molecule has 0 aliphatic carbocycles. The standard InChI is InChI=1S/C7H10N2O3S2/c1-7(11,5(10)12-2)3-13-6-9-8-4-14-6/h4,11H,3H2,1-2H3. The first-order valence-electron chi connectivity index (χ1n) is 3.76. The van der Waals surface area contributed by atoms with E-state index in [4.69, 9.17) is 0 Å². The minimum absolute atomic E-state index is 0.203. The Morgan fingerprint density at radius 2 is 2.57 bits per heavy atom. The first-order chi connectivity index (χ1) is 6.56. The van der Waals surface area contributed by atoms with Crippen LogP contribution in [0.15, 0.2) is 9.85 Å². The van der Waals surface area contributed by atoms with Crippen molar-refractivity contribution in [2.75, 3.05) is 12.9 Å². The lowest BCUT2D eigenvalue weighted by Gasteiger charge is -2.18. The van der Waals surface area contributed by atoms with Crippen molar-refractivity contribution in [3.63, 3.8) is 0 Å². The number of rotatable bonds is 4. The summed E-state index contributed by atoms with van der Waals surface area (Å²) in [4.78, 5) is 11.1. The van der Waals surface area contributed by atoms with Crippen LogP contribution in [0.1, 0.15) is 6.92 Å². The molecule has 14 heavy (non-hydrogen) atoms. The zero-order chi connectivity index (χ0) is 10.6. The number of thioether (sulfide) groups is 1. The Labute approximate surface area is 89.5 Å². The van der Waals surface area contributed by atoms with Crippen LogP contribution >= 0.6 is 23.1 Å². The molecule has 1 heterocycles. The third kappa shape index (κ3) is 2.93. The number of esters is 1. The number of aromatic nitrogens is 2. The molecule has 1 aromatic heterocycles. The van der Waals surface area contributed by atoms with Crippen LogP contribution in [-0.2, 0) is 9.53 Å². The molecule has 0 saturated heterocycles. The lowest BCUT2D eigenvalue weighted by molar-refractivity contribution is -0.158. The first-order valence-corrected chi connectivity index (χ1v) is 5.62. The summed E-state index contributed by atoms with van der Waals surface area (Å²) in [6.07, 6.45) is 0. The molecule has 0 spiro atoms. The van der Waals surface area contributed by atoms with Crippen molar-refractivity contribution >= 4 is 29.1 Å². The highest BCUT2D eigenvalue weighted by molar-refractivity contribution is 8.01. The maximum atomic E-state index is 11.1. The summed E-state index contributed by atoms with van der Waals surface area (Å²) in [7, 11) is 1.24. The van der Waals surface area contributed by atoms with Crippen molar-refractivity contribution in [2.45, 2.75) is 16.9 Å². The van der Waals surface area contributed by atoms with Crippen molar-refractivity contribution in [1.82, 2.24) is 10.2 Å². The van der Waals surface area contributed by atoms with E-state index in [-0.39, 0.29) is 5.75 Å². The van der Waals surface area contributed by atoms with E-state index in [9.17, 15) is 9.90 Å². The lowest BCUT2D eigenvalue weighted by Crippen LogP contribution is -2.38. The SMILES string of the molecule is COC(=O)C(C)(O)CSc1nncs1. The van der Waals surface area contributed by atoms with Crippen LogP contribution in [0.5, 0.6) is 0 Å². The van der Waals surface area contributed by atoms with Crippen molar-refractivity contribution in [1.29, 1.82) is 0 Å². The molecule has 0 fully saturated rings. The molecular weight excluding hydrogens is 224 g/mol. The predicted molar refractivity (Wildman–Crippen MR) is 53.3 cm³/mol. The number of hydrogen-bond acceptors (Lipinski definition) is 7. The van der Waals surface area contributed by atoms with Gasteiger partial charge in [-0.25, -0.2) is 4.79 Å². The third-order valence-electron chi connectivity index (χ3n) is 1.44. The van der Waals surface area contributed by atoms with Crippen LogP contribution in [0.25, 0.3) is 0 Å². The van der Waals surface area contributed by atoms with E-state index in [1.54, 1.807) is 5.51 Å². The van der Waals surface area contributed by atoms with E-state index in [0.717, 1.165) is 0 Å². The second kappa shape index (κ2) is 4.72. The number of ether oxygens (including phenoxy) is 1. The van der Waals surface area contributed by atoms with Gasteiger partial charge in [-0.05, 0) is 6.92 Å². The van der Waals surface area contributed by atoms with Gasteiger partial charge >= 0.3 is 5.97 Å². The molecule has 7 heteroatoms. The molecule has 0 saturated carbocycles. The maximum Gasteiger partial charge on any atom is 0.338 e. The fourth-order valence-corrected chi connectivity index (χ4v) is 2.19. The smallest absolute Gasteiger partial charge is 0.338 e. The van der Waals surface area contributed by atoms with E-state index < -0.39 is 11.6 Å².